The standard InChI is InChI=1S/C28H27N.C9H12.2C7H8.C4H10.C2H6/c1-21-14-15-22(2)24(18-21)19-25-20-28(17-16-23(25)3)29(26-10-6-4-7-11-26)27-12-8-5-9-13-27;1-2-6-9-7-4-3-5-8-9;2*1-7-5-3-2-4-6-7;1-3-4-2;1-2/h4-18,20H,19H2,1-3H3;3-5,7-8H,2,6H2,1H3;2*2-6H,1H3;3-4H2,1-2H3;1-2H3. The van der Waals surface area contributed by atoms with Crippen molar-refractivity contribution in [2.75, 3.05) is 4.90 Å². The van der Waals surface area contributed by atoms with Gasteiger partial charge in [-0.05, 0) is 112 Å². The zero-order valence-corrected chi connectivity index (χ0v) is 37.4. The van der Waals surface area contributed by atoms with Crippen molar-refractivity contribution in [3.05, 3.63) is 233 Å². The summed E-state index contributed by atoms with van der Waals surface area (Å²) in [5.41, 5.74) is 14.4. The van der Waals surface area contributed by atoms with E-state index in [1.54, 1.807) is 0 Å². The lowest BCUT2D eigenvalue weighted by Crippen LogP contribution is -2.10. The van der Waals surface area contributed by atoms with Gasteiger partial charge in [-0.2, -0.15) is 0 Å². The van der Waals surface area contributed by atoms with Crippen molar-refractivity contribution < 1.29 is 0 Å². The largest absolute Gasteiger partial charge is 0.310 e. The molecule has 0 aliphatic carbocycles. The highest BCUT2D eigenvalue weighted by atomic mass is 15.1. The Balaban J connectivity index is 0.000000322. The third-order valence-corrected chi connectivity index (χ3v) is 9.27. The molecule has 1 heteroatoms. The molecule has 0 saturated carbocycles. The molecule has 0 atom stereocenters. The fourth-order valence-electron chi connectivity index (χ4n) is 5.79. The quantitative estimate of drug-likeness (QED) is 0.149. The summed E-state index contributed by atoms with van der Waals surface area (Å²) in [5.74, 6) is 0. The maximum Gasteiger partial charge on any atom is 0.0464 e. The Morgan fingerprint density at radius 1 is 0.345 bits per heavy atom. The van der Waals surface area contributed by atoms with Gasteiger partial charge < -0.3 is 4.90 Å². The van der Waals surface area contributed by atoms with Crippen LogP contribution in [0.25, 0.3) is 0 Å². The van der Waals surface area contributed by atoms with Crippen molar-refractivity contribution in [1.29, 1.82) is 0 Å². The summed E-state index contributed by atoms with van der Waals surface area (Å²) in [6.45, 7) is 21.3. The van der Waals surface area contributed by atoms with E-state index in [0.29, 0.717) is 0 Å². The third kappa shape index (κ3) is 19.0. The van der Waals surface area contributed by atoms with E-state index in [9.17, 15) is 0 Å². The van der Waals surface area contributed by atoms with Crippen molar-refractivity contribution >= 4 is 17.1 Å². The summed E-state index contributed by atoms with van der Waals surface area (Å²) in [5, 5.41) is 0. The van der Waals surface area contributed by atoms with Gasteiger partial charge in [-0.3, -0.25) is 0 Å². The molecule has 7 rings (SSSR count). The summed E-state index contributed by atoms with van der Waals surface area (Å²) in [6, 6.07) is 65.8. The van der Waals surface area contributed by atoms with Crippen LogP contribution in [0.4, 0.5) is 17.1 Å². The number of benzene rings is 7. The lowest BCUT2D eigenvalue weighted by molar-refractivity contribution is 0.886. The predicted molar refractivity (Wildman–Crippen MR) is 259 cm³/mol. The zero-order valence-electron chi connectivity index (χ0n) is 37.4. The van der Waals surface area contributed by atoms with Crippen LogP contribution in [0.15, 0.2) is 188 Å². The molecule has 0 radical (unpaired) electrons. The van der Waals surface area contributed by atoms with Crippen molar-refractivity contribution in [3.8, 4) is 0 Å². The second-order valence-corrected chi connectivity index (χ2v) is 14.3. The SMILES string of the molecule is CC.CCCC.CCCc1ccccc1.Cc1ccc(C)c(Cc2cc(N(c3ccccc3)c3ccccc3)ccc2C)c1.Cc1ccccc1.Cc1ccccc1. The van der Waals surface area contributed by atoms with Crippen molar-refractivity contribution in [2.45, 2.75) is 101 Å². The molecule has 0 amide bonds. The molecule has 0 aliphatic rings. The van der Waals surface area contributed by atoms with E-state index in [0.717, 1.165) is 6.42 Å². The van der Waals surface area contributed by atoms with Crippen LogP contribution < -0.4 is 4.90 Å². The molecule has 0 heterocycles. The average Bonchev–Trinajstić information content (AvgIpc) is 3.27. The highest BCUT2D eigenvalue weighted by Crippen LogP contribution is 2.35. The molecular weight excluding hydrogens is 699 g/mol. The lowest BCUT2D eigenvalue weighted by Gasteiger charge is -2.26. The van der Waals surface area contributed by atoms with Crippen molar-refractivity contribution in [2.24, 2.45) is 0 Å². The Morgan fingerprint density at radius 3 is 1.10 bits per heavy atom. The molecule has 0 spiro atoms. The molecule has 7 aromatic carbocycles. The Hall–Kier alpha value is -5.66. The van der Waals surface area contributed by atoms with Gasteiger partial charge in [-0.1, -0.05) is 222 Å². The van der Waals surface area contributed by atoms with Gasteiger partial charge in [0.25, 0.3) is 0 Å². The molecular formula is C57H71N. The molecule has 0 aromatic heterocycles. The van der Waals surface area contributed by atoms with Crippen LogP contribution in [-0.2, 0) is 12.8 Å². The number of anilines is 3. The van der Waals surface area contributed by atoms with Crippen LogP contribution >= 0.6 is 0 Å². The first-order chi connectivity index (χ1) is 28.2. The van der Waals surface area contributed by atoms with Crippen LogP contribution in [0.1, 0.15) is 98.4 Å². The molecule has 0 fully saturated rings. The fourth-order valence-corrected chi connectivity index (χ4v) is 5.79. The monoisotopic (exact) mass is 770 g/mol. The first-order valence-electron chi connectivity index (χ1n) is 21.4. The Bertz CT molecular complexity index is 1940. The van der Waals surface area contributed by atoms with Gasteiger partial charge in [0.2, 0.25) is 0 Å². The molecule has 0 unspecified atom stereocenters. The maximum absolute atomic E-state index is 2.34. The van der Waals surface area contributed by atoms with Gasteiger partial charge in [-0.15, -0.1) is 0 Å². The molecule has 0 bridgehead atoms. The minimum absolute atomic E-state index is 0.949. The van der Waals surface area contributed by atoms with E-state index in [1.165, 1.54) is 87.3 Å². The van der Waals surface area contributed by atoms with Crippen molar-refractivity contribution in [1.82, 2.24) is 0 Å². The van der Waals surface area contributed by atoms with E-state index in [4.69, 9.17) is 0 Å². The van der Waals surface area contributed by atoms with Gasteiger partial charge >= 0.3 is 0 Å². The van der Waals surface area contributed by atoms with E-state index in [-0.39, 0.29) is 0 Å². The number of para-hydroxylation sites is 2. The van der Waals surface area contributed by atoms with Crippen LogP contribution in [0.5, 0.6) is 0 Å². The topological polar surface area (TPSA) is 3.24 Å². The molecule has 0 N–H and O–H groups in total. The summed E-state index contributed by atoms with van der Waals surface area (Å²) in [4.78, 5) is 2.33. The number of hydrogen-bond donors (Lipinski definition) is 0. The van der Waals surface area contributed by atoms with Gasteiger partial charge in [-0.25, -0.2) is 0 Å². The van der Waals surface area contributed by atoms with Gasteiger partial charge in [0, 0.05) is 17.1 Å². The summed E-state index contributed by atoms with van der Waals surface area (Å²) in [6.07, 6.45) is 6.04. The maximum atomic E-state index is 2.34. The Morgan fingerprint density at radius 2 is 0.724 bits per heavy atom. The fraction of sp³-hybridized carbons (Fsp3) is 0.263. The second-order valence-electron chi connectivity index (χ2n) is 14.3. The summed E-state index contributed by atoms with van der Waals surface area (Å²) >= 11 is 0. The van der Waals surface area contributed by atoms with E-state index >= 15 is 0 Å². The van der Waals surface area contributed by atoms with Gasteiger partial charge in [0.05, 0.1) is 0 Å². The smallest absolute Gasteiger partial charge is 0.0464 e. The van der Waals surface area contributed by atoms with E-state index in [2.05, 4.69) is 212 Å². The number of hydrogen-bond acceptors (Lipinski definition) is 1. The lowest BCUT2D eigenvalue weighted by atomic mass is 9.95. The van der Waals surface area contributed by atoms with E-state index < -0.39 is 0 Å². The Kier molecular flexibility index (Phi) is 24.7. The predicted octanol–water partition coefficient (Wildman–Crippen LogP) is 17.1. The average molecular weight is 770 g/mol. The molecule has 304 valence electrons. The number of nitrogens with zero attached hydrogens (tertiary/aromatic N) is 1. The van der Waals surface area contributed by atoms with Gasteiger partial charge in [0.1, 0.15) is 0 Å². The molecule has 1 nitrogen and oxygen atoms in total. The number of unbranched alkanes of at least 4 members (excludes halogenated alkanes) is 1. The third-order valence-electron chi connectivity index (χ3n) is 9.27. The molecule has 0 saturated heterocycles. The highest BCUT2D eigenvalue weighted by Gasteiger charge is 2.14. The van der Waals surface area contributed by atoms with Crippen LogP contribution in [-0.4, -0.2) is 0 Å². The summed E-state index contributed by atoms with van der Waals surface area (Å²) < 4.78 is 0. The van der Waals surface area contributed by atoms with E-state index in [1.807, 2.05) is 50.2 Å². The second kappa shape index (κ2) is 29.6. The normalized spacial score (nSPS) is 9.55. The minimum atomic E-state index is 0.949. The number of aryl methyl sites for hydroxylation is 6. The van der Waals surface area contributed by atoms with Crippen LogP contribution in [0.3, 0.4) is 0 Å². The molecule has 58 heavy (non-hydrogen) atoms. The summed E-state index contributed by atoms with van der Waals surface area (Å²) in [7, 11) is 0. The molecule has 7 aromatic rings. The molecule has 0 aliphatic heterocycles. The zero-order chi connectivity index (χ0) is 42.4. The first kappa shape index (κ1) is 48.5. The number of rotatable bonds is 8. The van der Waals surface area contributed by atoms with Crippen LogP contribution in [0, 0.1) is 34.6 Å². The Labute approximate surface area is 354 Å². The van der Waals surface area contributed by atoms with Crippen molar-refractivity contribution in [3.63, 3.8) is 0 Å². The highest BCUT2D eigenvalue weighted by molar-refractivity contribution is 5.77. The first-order valence-corrected chi connectivity index (χ1v) is 21.4. The van der Waals surface area contributed by atoms with Crippen LogP contribution in [0.2, 0.25) is 0 Å². The van der Waals surface area contributed by atoms with Gasteiger partial charge in [0.15, 0.2) is 0 Å². The minimum Gasteiger partial charge on any atom is -0.310 e.